The molecule has 5 heteroatoms. The first-order chi connectivity index (χ1) is 12.1. The van der Waals surface area contributed by atoms with E-state index in [0.717, 1.165) is 36.2 Å². The molecule has 3 rings (SSSR count). The van der Waals surface area contributed by atoms with Crippen molar-refractivity contribution in [2.75, 3.05) is 40.8 Å². The first kappa shape index (κ1) is 17.3. The average Bonchev–Trinajstić information content (AvgIpc) is 3.04. The van der Waals surface area contributed by atoms with Gasteiger partial charge in [-0.3, -0.25) is 4.79 Å². The number of rotatable bonds is 5. The molecule has 1 aliphatic rings. The highest BCUT2D eigenvalue weighted by atomic mass is 16.5. The molecule has 0 fully saturated rings. The van der Waals surface area contributed by atoms with Crippen molar-refractivity contribution in [2.24, 2.45) is 0 Å². The molecule has 0 saturated carbocycles. The van der Waals surface area contributed by atoms with Crippen molar-refractivity contribution in [1.82, 2.24) is 14.8 Å². The lowest BCUT2D eigenvalue weighted by Gasteiger charge is -2.25. The lowest BCUT2D eigenvalue weighted by Crippen LogP contribution is -2.33. The molecule has 2 heterocycles. The highest BCUT2D eigenvalue weighted by Gasteiger charge is 2.18. The Kier molecular flexibility index (Phi) is 5.24. The topological polar surface area (TPSA) is 48.6 Å². The van der Waals surface area contributed by atoms with E-state index in [4.69, 9.17) is 4.74 Å². The van der Waals surface area contributed by atoms with Gasteiger partial charge in [-0.1, -0.05) is 12.2 Å². The maximum Gasteiger partial charge on any atom is 0.246 e. The van der Waals surface area contributed by atoms with E-state index in [9.17, 15) is 4.79 Å². The molecule has 0 unspecified atom stereocenters. The summed E-state index contributed by atoms with van der Waals surface area (Å²) in [7, 11) is 5.66. The zero-order valence-electron chi connectivity index (χ0n) is 15.1. The SMILES string of the molecule is COc1ccc2[nH]cc(C3=CCN(C(=O)/C=C/CN(C)C)CC3)c2c1. The summed E-state index contributed by atoms with van der Waals surface area (Å²) in [5, 5.41) is 1.16. The van der Waals surface area contributed by atoms with E-state index in [-0.39, 0.29) is 5.91 Å². The fourth-order valence-electron chi connectivity index (χ4n) is 3.08. The predicted molar refractivity (Wildman–Crippen MR) is 102 cm³/mol. The highest BCUT2D eigenvalue weighted by Crippen LogP contribution is 2.31. The van der Waals surface area contributed by atoms with Crippen LogP contribution in [0.25, 0.3) is 16.5 Å². The van der Waals surface area contributed by atoms with Gasteiger partial charge in [-0.05, 0) is 44.3 Å². The summed E-state index contributed by atoms with van der Waals surface area (Å²) < 4.78 is 5.34. The van der Waals surface area contributed by atoms with E-state index >= 15 is 0 Å². The summed E-state index contributed by atoms with van der Waals surface area (Å²) in [5.41, 5.74) is 3.58. The Morgan fingerprint density at radius 1 is 1.40 bits per heavy atom. The zero-order valence-corrected chi connectivity index (χ0v) is 15.1. The van der Waals surface area contributed by atoms with Crippen LogP contribution in [0.5, 0.6) is 5.75 Å². The average molecular weight is 339 g/mol. The molecule has 5 nitrogen and oxygen atoms in total. The standard InChI is InChI=1S/C20H25N3O2/c1-22(2)10-4-5-20(24)23-11-8-15(9-12-23)18-14-21-19-7-6-16(25-3)13-17(18)19/h4-8,13-14,21H,9-12H2,1-3H3/b5-4+. The molecular formula is C20H25N3O2. The molecule has 1 N–H and O–H groups in total. The van der Waals surface area contributed by atoms with Gasteiger partial charge in [-0.25, -0.2) is 0 Å². The molecule has 2 aromatic rings. The van der Waals surface area contributed by atoms with Gasteiger partial charge >= 0.3 is 0 Å². The van der Waals surface area contributed by atoms with Crippen molar-refractivity contribution in [1.29, 1.82) is 0 Å². The predicted octanol–water partition coefficient (Wildman–Crippen LogP) is 2.91. The molecule has 1 aromatic carbocycles. The van der Waals surface area contributed by atoms with Crippen molar-refractivity contribution in [3.8, 4) is 5.75 Å². The summed E-state index contributed by atoms with van der Waals surface area (Å²) in [5.74, 6) is 0.935. The first-order valence-corrected chi connectivity index (χ1v) is 8.53. The second-order valence-electron chi connectivity index (χ2n) is 6.54. The number of carbonyl (C=O) groups is 1. The number of aromatic nitrogens is 1. The van der Waals surface area contributed by atoms with Crippen LogP contribution in [-0.2, 0) is 4.79 Å². The third-order valence-corrected chi connectivity index (χ3v) is 4.49. The molecule has 25 heavy (non-hydrogen) atoms. The van der Waals surface area contributed by atoms with Gasteiger partial charge in [0.1, 0.15) is 5.75 Å². The number of likely N-dealkylation sites (N-methyl/N-ethyl adjacent to an activating group) is 1. The van der Waals surface area contributed by atoms with Crippen LogP contribution in [-0.4, -0.2) is 61.5 Å². The maximum absolute atomic E-state index is 12.2. The normalized spacial score (nSPS) is 15.2. The number of benzene rings is 1. The summed E-state index contributed by atoms with van der Waals surface area (Å²) in [6, 6.07) is 6.05. The molecule has 1 aromatic heterocycles. The minimum absolute atomic E-state index is 0.0812. The Hall–Kier alpha value is -2.53. The highest BCUT2D eigenvalue weighted by molar-refractivity contribution is 5.94. The van der Waals surface area contributed by atoms with Crippen LogP contribution in [0.1, 0.15) is 12.0 Å². The molecule has 0 aliphatic carbocycles. The second-order valence-corrected chi connectivity index (χ2v) is 6.54. The van der Waals surface area contributed by atoms with Crippen LogP contribution in [0.15, 0.2) is 42.6 Å². The molecule has 132 valence electrons. The fraction of sp³-hybridized carbons (Fsp3) is 0.350. The number of carbonyl (C=O) groups excluding carboxylic acids is 1. The number of nitrogens with zero attached hydrogens (tertiary/aromatic N) is 2. The van der Waals surface area contributed by atoms with E-state index in [2.05, 4.69) is 17.1 Å². The summed E-state index contributed by atoms with van der Waals surface area (Å²) in [4.78, 5) is 19.5. The van der Waals surface area contributed by atoms with Gasteiger partial charge in [0.05, 0.1) is 7.11 Å². The number of amides is 1. The smallest absolute Gasteiger partial charge is 0.246 e. The Labute approximate surface area is 148 Å². The van der Waals surface area contributed by atoms with E-state index in [1.807, 2.05) is 48.3 Å². The van der Waals surface area contributed by atoms with Gasteiger partial charge in [0.25, 0.3) is 0 Å². The van der Waals surface area contributed by atoms with E-state index in [1.165, 1.54) is 11.1 Å². The maximum atomic E-state index is 12.2. The molecule has 0 radical (unpaired) electrons. The number of methoxy groups -OCH3 is 1. The van der Waals surface area contributed by atoms with Crippen molar-refractivity contribution < 1.29 is 9.53 Å². The third-order valence-electron chi connectivity index (χ3n) is 4.49. The van der Waals surface area contributed by atoms with Crippen LogP contribution in [0.2, 0.25) is 0 Å². The lowest BCUT2D eigenvalue weighted by molar-refractivity contribution is -0.125. The number of hydrogen-bond acceptors (Lipinski definition) is 3. The van der Waals surface area contributed by atoms with Crippen LogP contribution in [0, 0.1) is 0 Å². The van der Waals surface area contributed by atoms with Gasteiger partial charge in [0, 0.05) is 48.4 Å². The largest absolute Gasteiger partial charge is 0.497 e. The molecule has 1 aliphatic heterocycles. The third kappa shape index (κ3) is 3.94. The quantitative estimate of drug-likeness (QED) is 0.852. The first-order valence-electron chi connectivity index (χ1n) is 8.53. The van der Waals surface area contributed by atoms with Crippen molar-refractivity contribution in [2.45, 2.75) is 6.42 Å². The minimum atomic E-state index is 0.0812. The minimum Gasteiger partial charge on any atom is -0.497 e. The Bertz CT molecular complexity index is 817. The molecule has 0 bridgehead atoms. The molecule has 0 spiro atoms. The summed E-state index contributed by atoms with van der Waals surface area (Å²) in [6.45, 7) is 2.17. The van der Waals surface area contributed by atoms with Gasteiger partial charge in [0.2, 0.25) is 5.91 Å². The van der Waals surface area contributed by atoms with E-state index in [1.54, 1.807) is 13.2 Å². The van der Waals surface area contributed by atoms with Crippen molar-refractivity contribution in [3.63, 3.8) is 0 Å². The summed E-state index contributed by atoms with van der Waals surface area (Å²) in [6.07, 6.45) is 8.65. The number of nitrogens with one attached hydrogen (secondary N) is 1. The van der Waals surface area contributed by atoms with Gasteiger partial charge in [-0.15, -0.1) is 0 Å². The monoisotopic (exact) mass is 339 g/mol. The summed E-state index contributed by atoms with van der Waals surface area (Å²) >= 11 is 0. The van der Waals surface area contributed by atoms with Crippen LogP contribution < -0.4 is 4.74 Å². The van der Waals surface area contributed by atoms with E-state index in [0.29, 0.717) is 6.54 Å². The van der Waals surface area contributed by atoms with Crippen molar-refractivity contribution >= 4 is 22.4 Å². The molecule has 0 atom stereocenters. The Morgan fingerprint density at radius 3 is 2.92 bits per heavy atom. The van der Waals surface area contributed by atoms with Crippen molar-refractivity contribution in [3.05, 3.63) is 48.2 Å². The fourth-order valence-corrected chi connectivity index (χ4v) is 3.08. The number of ether oxygens (including phenoxy) is 1. The number of H-pyrrole nitrogens is 1. The second kappa shape index (κ2) is 7.57. The van der Waals surface area contributed by atoms with Gasteiger partial charge in [-0.2, -0.15) is 0 Å². The lowest BCUT2D eigenvalue weighted by atomic mass is 9.98. The van der Waals surface area contributed by atoms with Crippen LogP contribution >= 0.6 is 0 Å². The van der Waals surface area contributed by atoms with Crippen LogP contribution in [0.3, 0.4) is 0 Å². The molecule has 0 saturated heterocycles. The van der Waals surface area contributed by atoms with Gasteiger partial charge < -0.3 is 19.5 Å². The Balaban J connectivity index is 1.73. The number of aromatic amines is 1. The van der Waals surface area contributed by atoms with Gasteiger partial charge in [0.15, 0.2) is 0 Å². The number of fused-ring (bicyclic) bond motifs is 1. The van der Waals surface area contributed by atoms with E-state index < -0.39 is 0 Å². The molecule has 1 amide bonds. The Morgan fingerprint density at radius 2 is 2.24 bits per heavy atom. The number of hydrogen-bond donors (Lipinski definition) is 1. The zero-order chi connectivity index (χ0) is 17.8. The van der Waals surface area contributed by atoms with Crippen LogP contribution in [0.4, 0.5) is 0 Å². The molecular weight excluding hydrogens is 314 g/mol.